The Kier molecular flexibility index (Phi) is 4.18. The van der Waals surface area contributed by atoms with Gasteiger partial charge in [0.15, 0.2) is 0 Å². The van der Waals surface area contributed by atoms with Crippen LogP contribution in [0.4, 0.5) is 0 Å². The highest BCUT2D eigenvalue weighted by molar-refractivity contribution is 5.61. The third-order valence-electron chi connectivity index (χ3n) is 2.54. The molecule has 0 aliphatic heterocycles. The zero-order chi connectivity index (χ0) is 12.8. The van der Waals surface area contributed by atoms with Crippen LogP contribution in [0.2, 0.25) is 0 Å². The highest BCUT2D eigenvalue weighted by Crippen LogP contribution is 2.23. The average Bonchev–Trinajstić information content (AvgIpc) is 2.45. The molecule has 1 heterocycles. The summed E-state index contributed by atoms with van der Waals surface area (Å²) in [5, 5.41) is 0. The van der Waals surface area contributed by atoms with Gasteiger partial charge in [0, 0.05) is 11.6 Å². The summed E-state index contributed by atoms with van der Waals surface area (Å²) in [5.74, 6) is 1.49. The molecule has 0 amide bonds. The van der Waals surface area contributed by atoms with Crippen molar-refractivity contribution in [2.24, 2.45) is 0 Å². The first-order valence-electron chi connectivity index (χ1n) is 6.07. The number of hydrogen-bond donors (Lipinski definition) is 0. The van der Waals surface area contributed by atoms with Gasteiger partial charge in [0.2, 0.25) is 5.88 Å². The molecular formula is C15H17NO2. The largest absolute Gasteiger partial charge is 0.494 e. The van der Waals surface area contributed by atoms with Crippen molar-refractivity contribution in [3.63, 3.8) is 0 Å². The molecule has 0 fully saturated rings. The van der Waals surface area contributed by atoms with E-state index in [2.05, 4.69) is 11.9 Å². The highest BCUT2D eigenvalue weighted by Gasteiger charge is 2.02. The van der Waals surface area contributed by atoms with Crippen LogP contribution in [0, 0.1) is 0 Å². The third-order valence-corrected chi connectivity index (χ3v) is 2.54. The molecule has 0 saturated carbocycles. The summed E-state index contributed by atoms with van der Waals surface area (Å²) in [6, 6.07) is 13.7. The number of aromatic nitrogens is 1. The van der Waals surface area contributed by atoms with Crippen molar-refractivity contribution in [3.05, 3.63) is 42.5 Å². The molecule has 0 N–H and O–H groups in total. The molecule has 0 aliphatic rings. The molecule has 1 aromatic carbocycles. The number of methoxy groups -OCH3 is 1. The van der Waals surface area contributed by atoms with E-state index in [0.29, 0.717) is 5.88 Å². The van der Waals surface area contributed by atoms with Gasteiger partial charge in [-0.05, 0) is 24.6 Å². The maximum atomic E-state index is 5.61. The predicted octanol–water partition coefficient (Wildman–Crippen LogP) is 3.55. The van der Waals surface area contributed by atoms with Gasteiger partial charge in [-0.25, -0.2) is 4.98 Å². The number of ether oxygens (including phenoxy) is 2. The smallest absolute Gasteiger partial charge is 0.213 e. The van der Waals surface area contributed by atoms with E-state index in [0.717, 1.165) is 30.0 Å². The van der Waals surface area contributed by atoms with Crippen molar-refractivity contribution >= 4 is 0 Å². The second-order valence-corrected chi connectivity index (χ2v) is 3.94. The van der Waals surface area contributed by atoms with Crippen LogP contribution < -0.4 is 9.47 Å². The monoisotopic (exact) mass is 243 g/mol. The molecule has 0 aliphatic carbocycles. The predicted molar refractivity (Wildman–Crippen MR) is 72.0 cm³/mol. The van der Waals surface area contributed by atoms with Gasteiger partial charge in [-0.2, -0.15) is 0 Å². The second-order valence-electron chi connectivity index (χ2n) is 3.94. The molecule has 0 atom stereocenters. The minimum absolute atomic E-state index is 0.618. The Morgan fingerprint density at radius 1 is 1.11 bits per heavy atom. The number of rotatable bonds is 5. The van der Waals surface area contributed by atoms with Crippen LogP contribution in [-0.4, -0.2) is 18.7 Å². The Hall–Kier alpha value is -2.03. The molecular weight excluding hydrogens is 226 g/mol. The average molecular weight is 243 g/mol. The summed E-state index contributed by atoms with van der Waals surface area (Å²) in [6.07, 6.45) is 1.00. The maximum absolute atomic E-state index is 5.61. The Balaban J connectivity index is 2.26. The van der Waals surface area contributed by atoms with Crippen molar-refractivity contribution in [2.45, 2.75) is 13.3 Å². The molecule has 0 radical (unpaired) electrons. The SMILES string of the molecule is CCCOc1cccc(-c2cccc(OC)n2)c1. The van der Waals surface area contributed by atoms with E-state index in [4.69, 9.17) is 9.47 Å². The molecule has 2 rings (SSSR count). The van der Waals surface area contributed by atoms with Crippen molar-refractivity contribution in [3.8, 4) is 22.9 Å². The fourth-order valence-corrected chi connectivity index (χ4v) is 1.65. The summed E-state index contributed by atoms with van der Waals surface area (Å²) in [6.45, 7) is 2.82. The van der Waals surface area contributed by atoms with Crippen LogP contribution in [0.1, 0.15) is 13.3 Å². The van der Waals surface area contributed by atoms with Crippen molar-refractivity contribution < 1.29 is 9.47 Å². The van der Waals surface area contributed by atoms with Gasteiger partial charge < -0.3 is 9.47 Å². The van der Waals surface area contributed by atoms with Gasteiger partial charge in [0.25, 0.3) is 0 Å². The van der Waals surface area contributed by atoms with Gasteiger partial charge in [-0.3, -0.25) is 0 Å². The third kappa shape index (κ3) is 3.00. The summed E-state index contributed by atoms with van der Waals surface area (Å²) in [7, 11) is 1.62. The standard InChI is InChI=1S/C15H17NO2/c1-3-10-18-13-7-4-6-12(11-13)14-8-5-9-15(16-14)17-2/h4-9,11H,3,10H2,1-2H3. The Morgan fingerprint density at radius 2 is 1.94 bits per heavy atom. The van der Waals surface area contributed by atoms with Crippen molar-refractivity contribution in [2.75, 3.05) is 13.7 Å². The first-order valence-corrected chi connectivity index (χ1v) is 6.07. The number of pyridine rings is 1. The first kappa shape index (κ1) is 12.4. The van der Waals surface area contributed by atoms with Crippen LogP contribution in [0.25, 0.3) is 11.3 Å². The maximum Gasteiger partial charge on any atom is 0.213 e. The second kappa shape index (κ2) is 6.05. The Bertz CT molecular complexity index is 511. The molecule has 0 saturated heterocycles. The molecule has 2 aromatic rings. The van der Waals surface area contributed by atoms with Crippen LogP contribution in [0.15, 0.2) is 42.5 Å². The van der Waals surface area contributed by atoms with Gasteiger partial charge in [0.05, 0.1) is 19.4 Å². The van der Waals surface area contributed by atoms with Gasteiger partial charge in [-0.1, -0.05) is 25.1 Å². The van der Waals surface area contributed by atoms with Gasteiger partial charge >= 0.3 is 0 Å². The van der Waals surface area contributed by atoms with Gasteiger partial charge in [0.1, 0.15) is 5.75 Å². The Labute approximate surface area is 107 Å². The molecule has 0 spiro atoms. The number of hydrogen-bond acceptors (Lipinski definition) is 3. The van der Waals surface area contributed by atoms with E-state index in [1.807, 2.05) is 42.5 Å². The molecule has 1 aromatic heterocycles. The lowest BCUT2D eigenvalue weighted by Crippen LogP contribution is -1.95. The molecule has 3 heteroatoms. The van der Waals surface area contributed by atoms with Crippen molar-refractivity contribution in [1.29, 1.82) is 0 Å². The summed E-state index contributed by atoms with van der Waals surface area (Å²) in [4.78, 5) is 4.41. The molecule has 94 valence electrons. The lowest BCUT2D eigenvalue weighted by atomic mass is 10.1. The summed E-state index contributed by atoms with van der Waals surface area (Å²) >= 11 is 0. The summed E-state index contributed by atoms with van der Waals surface area (Å²) < 4.78 is 10.7. The van der Waals surface area contributed by atoms with Crippen LogP contribution in [-0.2, 0) is 0 Å². The van der Waals surface area contributed by atoms with Crippen LogP contribution in [0.3, 0.4) is 0 Å². The minimum atomic E-state index is 0.618. The molecule has 3 nitrogen and oxygen atoms in total. The highest BCUT2D eigenvalue weighted by atomic mass is 16.5. The van der Waals surface area contributed by atoms with E-state index in [-0.39, 0.29) is 0 Å². The zero-order valence-electron chi connectivity index (χ0n) is 10.7. The van der Waals surface area contributed by atoms with E-state index in [1.165, 1.54) is 0 Å². The number of benzene rings is 1. The van der Waals surface area contributed by atoms with E-state index in [9.17, 15) is 0 Å². The lowest BCUT2D eigenvalue weighted by Gasteiger charge is -2.07. The fraction of sp³-hybridized carbons (Fsp3) is 0.267. The van der Waals surface area contributed by atoms with Crippen LogP contribution in [0.5, 0.6) is 11.6 Å². The molecule has 18 heavy (non-hydrogen) atoms. The Morgan fingerprint density at radius 3 is 2.72 bits per heavy atom. The van der Waals surface area contributed by atoms with Gasteiger partial charge in [-0.15, -0.1) is 0 Å². The minimum Gasteiger partial charge on any atom is -0.494 e. The normalized spacial score (nSPS) is 10.1. The molecule has 0 unspecified atom stereocenters. The fourth-order valence-electron chi connectivity index (χ4n) is 1.65. The molecule has 0 bridgehead atoms. The van der Waals surface area contributed by atoms with E-state index >= 15 is 0 Å². The van der Waals surface area contributed by atoms with Crippen molar-refractivity contribution in [1.82, 2.24) is 4.98 Å². The van der Waals surface area contributed by atoms with Crippen LogP contribution >= 0.6 is 0 Å². The summed E-state index contributed by atoms with van der Waals surface area (Å²) in [5.41, 5.74) is 1.92. The zero-order valence-corrected chi connectivity index (χ0v) is 10.7. The lowest BCUT2D eigenvalue weighted by molar-refractivity contribution is 0.317. The quantitative estimate of drug-likeness (QED) is 0.804. The van der Waals surface area contributed by atoms with E-state index in [1.54, 1.807) is 7.11 Å². The van der Waals surface area contributed by atoms with E-state index < -0.39 is 0 Å². The first-order chi connectivity index (χ1) is 8.83. The topological polar surface area (TPSA) is 31.4 Å². The number of nitrogens with zero attached hydrogens (tertiary/aromatic N) is 1.